The largest absolute Gasteiger partial charge is 0.461 e. The van der Waals surface area contributed by atoms with E-state index in [0.29, 0.717) is 45.1 Å². The zero-order valence-electron chi connectivity index (χ0n) is 30.9. The van der Waals surface area contributed by atoms with Gasteiger partial charge in [0.15, 0.2) is 5.82 Å². The molecule has 0 bridgehead atoms. The number of nitrogens with zero attached hydrogens (tertiary/aromatic N) is 5. The van der Waals surface area contributed by atoms with Crippen LogP contribution < -0.4 is 21.3 Å². The third-order valence-corrected chi connectivity index (χ3v) is 10.6. The number of hydrogen-bond acceptors (Lipinski definition) is 9. The SMILES string of the molecule is CC1CC2C(=O)OCC(NC(=O)C(Cc3ccccc3)NC(=O)Nc3ccn(C)n3)C(=O)N3CCCC3C(=O)N3CCCCC3C(=O)NC(C)C(=O)N2C1. The molecule has 4 aliphatic heterocycles. The third kappa shape index (κ3) is 8.66. The topological polar surface area (TPSA) is 204 Å². The number of carbonyl (C=O) groups is 7. The number of hydrogen-bond donors (Lipinski definition) is 4. The number of cyclic esters (lactones) is 1. The van der Waals surface area contributed by atoms with Crippen LogP contribution in [-0.2, 0) is 47.0 Å². The maximum absolute atomic E-state index is 14.4. The monoisotopic (exact) mass is 747 g/mol. The Hall–Kier alpha value is -5.48. The molecule has 0 aliphatic carbocycles. The number of aryl methyl sites for hydroxylation is 1. The molecule has 17 heteroatoms. The smallest absolute Gasteiger partial charge is 0.328 e. The molecule has 1 aromatic carbocycles. The Labute approximate surface area is 313 Å². The van der Waals surface area contributed by atoms with Crippen LogP contribution in [0.25, 0.3) is 0 Å². The molecule has 7 amide bonds. The van der Waals surface area contributed by atoms with Gasteiger partial charge in [-0.1, -0.05) is 37.3 Å². The van der Waals surface area contributed by atoms with Crippen molar-refractivity contribution in [2.24, 2.45) is 13.0 Å². The summed E-state index contributed by atoms with van der Waals surface area (Å²) in [7, 11) is 1.69. The van der Waals surface area contributed by atoms with Gasteiger partial charge >= 0.3 is 12.0 Å². The fraction of sp³-hybridized carbons (Fsp3) is 0.568. The van der Waals surface area contributed by atoms with Crippen molar-refractivity contribution in [1.29, 1.82) is 0 Å². The van der Waals surface area contributed by atoms with Crippen molar-refractivity contribution in [2.45, 2.75) is 95.0 Å². The second kappa shape index (κ2) is 16.7. The number of piperidine rings is 1. The number of fused-ring (bicyclic) bond motifs is 3. The van der Waals surface area contributed by atoms with Crippen molar-refractivity contribution in [3.05, 3.63) is 48.2 Å². The van der Waals surface area contributed by atoms with Crippen molar-refractivity contribution < 1.29 is 38.3 Å². The number of amides is 7. The van der Waals surface area contributed by atoms with E-state index in [-0.39, 0.29) is 31.2 Å². The zero-order valence-corrected chi connectivity index (χ0v) is 30.9. The Bertz CT molecular complexity index is 1750. The second-order valence-corrected chi connectivity index (χ2v) is 14.7. The predicted molar refractivity (Wildman–Crippen MR) is 193 cm³/mol. The van der Waals surface area contributed by atoms with E-state index < -0.39 is 84.4 Å². The molecule has 1 aromatic heterocycles. The average Bonchev–Trinajstić information content (AvgIpc) is 3.91. The molecule has 290 valence electrons. The number of nitrogens with one attached hydrogen (secondary N) is 4. The first-order chi connectivity index (χ1) is 25.9. The molecule has 5 heterocycles. The van der Waals surface area contributed by atoms with Crippen LogP contribution in [0.4, 0.5) is 10.6 Å². The minimum absolute atomic E-state index is 0.0486. The fourth-order valence-corrected chi connectivity index (χ4v) is 7.84. The van der Waals surface area contributed by atoms with Crippen LogP contribution in [0, 0.1) is 5.92 Å². The summed E-state index contributed by atoms with van der Waals surface area (Å²) in [6, 6.07) is 3.56. The fourth-order valence-electron chi connectivity index (χ4n) is 7.84. The maximum Gasteiger partial charge on any atom is 0.328 e. The highest BCUT2D eigenvalue weighted by atomic mass is 16.5. The molecule has 4 saturated heterocycles. The molecule has 7 unspecified atom stereocenters. The van der Waals surface area contributed by atoms with Gasteiger partial charge in [-0.05, 0) is 56.9 Å². The molecule has 0 saturated carbocycles. The lowest BCUT2D eigenvalue weighted by Crippen LogP contribution is -2.62. The van der Waals surface area contributed by atoms with Gasteiger partial charge in [0.05, 0.1) is 0 Å². The van der Waals surface area contributed by atoms with Crippen LogP contribution in [0.15, 0.2) is 42.6 Å². The first kappa shape index (κ1) is 38.3. The van der Waals surface area contributed by atoms with Crippen LogP contribution in [0.3, 0.4) is 0 Å². The van der Waals surface area contributed by atoms with E-state index in [0.717, 1.165) is 5.56 Å². The van der Waals surface area contributed by atoms with Gasteiger partial charge in [-0.25, -0.2) is 9.59 Å². The number of anilines is 1. The summed E-state index contributed by atoms with van der Waals surface area (Å²) in [6.07, 6.45) is 4.64. The number of benzene rings is 1. The molecule has 0 radical (unpaired) electrons. The highest BCUT2D eigenvalue weighted by molar-refractivity contribution is 5.98. The number of aromatic nitrogens is 2. The quantitative estimate of drug-likeness (QED) is 0.300. The lowest BCUT2D eigenvalue weighted by atomic mass is 9.99. The van der Waals surface area contributed by atoms with Gasteiger partial charge in [-0.15, -0.1) is 0 Å². The highest BCUT2D eigenvalue weighted by Crippen LogP contribution is 2.28. The van der Waals surface area contributed by atoms with E-state index in [4.69, 9.17) is 4.74 Å². The number of ether oxygens (including phenoxy) is 1. The number of esters is 1. The molecule has 0 spiro atoms. The zero-order chi connectivity index (χ0) is 38.5. The van der Waals surface area contributed by atoms with Crippen LogP contribution in [-0.4, -0.2) is 129 Å². The van der Waals surface area contributed by atoms with Crippen molar-refractivity contribution in [2.75, 3.05) is 31.6 Å². The van der Waals surface area contributed by atoms with Gasteiger partial charge in [-0.3, -0.25) is 34.0 Å². The molecular formula is C37H49N9O8. The molecular weight excluding hydrogens is 698 g/mol. The highest BCUT2D eigenvalue weighted by Gasteiger charge is 2.46. The average molecular weight is 748 g/mol. The summed E-state index contributed by atoms with van der Waals surface area (Å²) in [5, 5.41) is 14.9. The Balaban J connectivity index is 1.29. The second-order valence-electron chi connectivity index (χ2n) is 14.7. The third-order valence-electron chi connectivity index (χ3n) is 10.6. The van der Waals surface area contributed by atoms with Crippen molar-refractivity contribution in [1.82, 2.24) is 40.4 Å². The maximum atomic E-state index is 14.4. The van der Waals surface area contributed by atoms with Gasteiger partial charge in [0.2, 0.25) is 29.5 Å². The van der Waals surface area contributed by atoms with E-state index in [9.17, 15) is 33.6 Å². The number of carbonyl (C=O) groups excluding carboxylic acids is 7. The summed E-state index contributed by atoms with van der Waals surface area (Å²) in [5.74, 6) is -3.24. The van der Waals surface area contributed by atoms with Gasteiger partial charge in [-0.2, -0.15) is 5.10 Å². The molecule has 4 aliphatic rings. The summed E-state index contributed by atoms with van der Waals surface area (Å²) in [6.45, 7) is 3.66. The van der Waals surface area contributed by atoms with E-state index in [1.807, 2.05) is 13.0 Å². The van der Waals surface area contributed by atoms with Crippen LogP contribution in [0.2, 0.25) is 0 Å². The van der Waals surface area contributed by atoms with Crippen molar-refractivity contribution in [3.8, 4) is 0 Å². The standard InChI is InChI=1S/C37H49N9O8/c1-22-18-29-36(52)54-21-26(39-31(47)25(19-24-10-5-4-6-11-24)40-37(53)41-30-14-17-43(3)42-30)34(50)45-16-9-13-28(45)35(51)44-15-8-7-12-27(44)32(48)38-23(2)33(49)46(29)20-22/h4-6,10-11,14,17,22-23,25-29H,7-9,12-13,15-16,18-21H2,1-3H3,(H,38,48)(H,39,47)(H2,40,41,42,53). The molecule has 4 N–H and O–H groups in total. The Morgan fingerprint density at radius 2 is 1.61 bits per heavy atom. The Morgan fingerprint density at radius 1 is 0.889 bits per heavy atom. The van der Waals surface area contributed by atoms with Gasteiger partial charge in [0.25, 0.3) is 0 Å². The predicted octanol–water partition coefficient (Wildman–Crippen LogP) is 0.308. The first-order valence-electron chi connectivity index (χ1n) is 18.7. The minimum atomic E-state index is -1.44. The van der Waals surface area contributed by atoms with Crippen LogP contribution in [0.5, 0.6) is 0 Å². The summed E-state index contributed by atoms with van der Waals surface area (Å²) >= 11 is 0. The Morgan fingerprint density at radius 3 is 2.35 bits per heavy atom. The molecule has 7 atom stereocenters. The van der Waals surface area contributed by atoms with Crippen molar-refractivity contribution >= 4 is 47.4 Å². The van der Waals surface area contributed by atoms with Crippen LogP contribution in [0.1, 0.15) is 57.9 Å². The van der Waals surface area contributed by atoms with E-state index in [2.05, 4.69) is 26.4 Å². The summed E-state index contributed by atoms with van der Waals surface area (Å²) < 4.78 is 7.23. The van der Waals surface area contributed by atoms with Gasteiger partial charge in [0.1, 0.15) is 42.9 Å². The Kier molecular flexibility index (Phi) is 11.8. The number of urea groups is 1. The van der Waals surface area contributed by atoms with Crippen LogP contribution >= 0.6 is 0 Å². The molecule has 4 fully saturated rings. The molecule has 2 aromatic rings. The van der Waals surface area contributed by atoms with Gasteiger partial charge < -0.3 is 35.4 Å². The minimum Gasteiger partial charge on any atom is -0.461 e. The van der Waals surface area contributed by atoms with E-state index in [1.54, 1.807) is 50.5 Å². The molecule has 17 nitrogen and oxygen atoms in total. The summed E-state index contributed by atoms with van der Waals surface area (Å²) in [4.78, 5) is 101. The van der Waals surface area contributed by atoms with Gasteiger partial charge in [0, 0.05) is 45.4 Å². The molecule has 54 heavy (non-hydrogen) atoms. The molecule has 6 rings (SSSR count). The normalized spacial score (nSPS) is 27.3. The summed E-state index contributed by atoms with van der Waals surface area (Å²) in [5.41, 5.74) is 0.728. The first-order valence-corrected chi connectivity index (χ1v) is 18.7. The van der Waals surface area contributed by atoms with E-state index in [1.165, 1.54) is 19.4 Å². The van der Waals surface area contributed by atoms with E-state index >= 15 is 0 Å². The lowest BCUT2D eigenvalue weighted by Gasteiger charge is -2.39. The number of rotatable bonds is 6. The lowest BCUT2D eigenvalue weighted by molar-refractivity contribution is -0.158. The van der Waals surface area contributed by atoms with Crippen molar-refractivity contribution in [3.63, 3.8) is 0 Å².